The maximum Gasteiger partial charge on any atom is 0.322 e. The molecule has 0 bridgehead atoms. The lowest BCUT2D eigenvalue weighted by Gasteiger charge is -2.28. The highest BCUT2D eigenvalue weighted by Crippen LogP contribution is 2.42. The van der Waals surface area contributed by atoms with E-state index in [4.69, 9.17) is 11.6 Å². The van der Waals surface area contributed by atoms with E-state index in [0.29, 0.717) is 11.6 Å². The van der Waals surface area contributed by atoms with Crippen LogP contribution in [0.25, 0.3) is 5.00 Å². The molecule has 1 aliphatic carbocycles. The summed E-state index contributed by atoms with van der Waals surface area (Å²) in [5, 5.41) is 5.05. The van der Waals surface area contributed by atoms with Crippen molar-refractivity contribution in [3.05, 3.63) is 68.8 Å². The van der Waals surface area contributed by atoms with Crippen LogP contribution in [-0.2, 0) is 19.4 Å². The minimum atomic E-state index is -0.0840. The molecule has 3 aromatic rings. The van der Waals surface area contributed by atoms with Gasteiger partial charge in [0.2, 0.25) is 0 Å². The molecule has 0 saturated carbocycles. The number of amides is 2. The number of nitrogens with zero attached hydrogens (tertiary/aromatic N) is 2. The summed E-state index contributed by atoms with van der Waals surface area (Å²) in [5.41, 5.74) is 5.61. The van der Waals surface area contributed by atoms with E-state index in [2.05, 4.69) is 35.1 Å². The van der Waals surface area contributed by atoms with Gasteiger partial charge >= 0.3 is 6.03 Å². The van der Waals surface area contributed by atoms with E-state index in [1.807, 2.05) is 41.4 Å². The molecule has 29 heavy (non-hydrogen) atoms. The van der Waals surface area contributed by atoms with Crippen LogP contribution in [0.4, 0.5) is 10.5 Å². The Morgan fingerprint density at radius 1 is 1.17 bits per heavy atom. The van der Waals surface area contributed by atoms with Crippen molar-refractivity contribution in [3.8, 4) is 5.00 Å². The molecular weight excluding hydrogens is 402 g/mol. The predicted molar refractivity (Wildman–Crippen MR) is 119 cm³/mol. The molecule has 6 heteroatoms. The van der Waals surface area contributed by atoms with Gasteiger partial charge in [-0.05, 0) is 74.9 Å². The standard InChI is InChI=1S/C23H24ClN3OS/c1-14-18(24)8-5-9-19(14)25-23(28)27-13-17-16-7-3-4-11-21(16)29-22(17)26-12-6-10-20(26)15(27)2/h5-6,8-10,12,15H,3-4,7,11,13H2,1-2H3,(H,25,28). The van der Waals surface area contributed by atoms with Crippen molar-refractivity contribution in [2.24, 2.45) is 0 Å². The van der Waals surface area contributed by atoms with Gasteiger partial charge in [-0.3, -0.25) is 0 Å². The topological polar surface area (TPSA) is 37.3 Å². The molecular formula is C23H24ClN3OS. The number of halogens is 1. The molecule has 1 aliphatic heterocycles. The Morgan fingerprint density at radius 2 is 2.00 bits per heavy atom. The van der Waals surface area contributed by atoms with Gasteiger partial charge in [-0.1, -0.05) is 17.7 Å². The molecule has 2 aliphatic rings. The summed E-state index contributed by atoms with van der Waals surface area (Å²) in [6.45, 7) is 4.68. The predicted octanol–water partition coefficient (Wildman–Crippen LogP) is 6.49. The molecule has 2 aromatic heterocycles. The van der Waals surface area contributed by atoms with Gasteiger partial charge in [-0.2, -0.15) is 0 Å². The van der Waals surface area contributed by atoms with E-state index in [-0.39, 0.29) is 12.1 Å². The number of hydrogen-bond donors (Lipinski definition) is 1. The summed E-state index contributed by atoms with van der Waals surface area (Å²) in [7, 11) is 0. The fourth-order valence-electron chi connectivity index (χ4n) is 4.54. The Kier molecular flexibility index (Phi) is 4.67. The summed E-state index contributed by atoms with van der Waals surface area (Å²) >= 11 is 8.16. The SMILES string of the molecule is Cc1c(Cl)cccc1NC(=O)N1Cc2c(sc3c2CCCC3)-n2cccc2C1C. The number of thiophene rings is 1. The zero-order chi connectivity index (χ0) is 20.1. The first-order valence-corrected chi connectivity index (χ1v) is 11.4. The van der Waals surface area contributed by atoms with Gasteiger partial charge in [-0.15, -0.1) is 11.3 Å². The molecule has 2 amide bonds. The zero-order valence-electron chi connectivity index (χ0n) is 16.7. The Bertz CT molecular complexity index is 1100. The van der Waals surface area contributed by atoms with Crippen LogP contribution in [0.2, 0.25) is 5.02 Å². The molecule has 0 saturated heterocycles. The lowest BCUT2D eigenvalue weighted by molar-refractivity contribution is 0.189. The van der Waals surface area contributed by atoms with E-state index in [1.165, 1.54) is 33.8 Å². The molecule has 1 aromatic carbocycles. The molecule has 150 valence electrons. The van der Waals surface area contributed by atoms with Crippen LogP contribution in [0.15, 0.2) is 36.5 Å². The molecule has 0 spiro atoms. The Balaban J connectivity index is 1.55. The van der Waals surface area contributed by atoms with Crippen molar-refractivity contribution in [3.63, 3.8) is 0 Å². The minimum absolute atomic E-state index is 0.0247. The molecule has 0 radical (unpaired) electrons. The molecule has 4 nitrogen and oxygen atoms in total. The number of carbonyl (C=O) groups is 1. The van der Waals surface area contributed by atoms with Gasteiger partial charge in [0.05, 0.1) is 12.6 Å². The number of benzene rings is 1. The van der Waals surface area contributed by atoms with Crippen LogP contribution in [0.3, 0.4) is 0 Å². The van der Waals surface area contributed by atoms with Crippen LogP contribution >= 0.6 is 22.9 Å². The summed E-state index contributed by atoms with van der Waals surface area (Å²) in [4.78, 5) is 16.9. The molecule has 0 fully saturated rings. The lowest BCUT2D eigenvalue weighted by Crippen LogP contribution is -2.36. The normalized spacial score (nSPS) is 17.9. The Hall–Kier alpha value is -2.24. The minimum Gasteiger partial charge on any atom is -0.312 e. The lowest BCUT2D eigenvalue weighted by atomic mass is 9.95. The third-order valence-electron chi connectivity index (χ3n) is 6.25. The number of hydrogen-bond acceptors (Lipinski definition) is 2. The molecule has 1 unspecified atom stereocenters. The number of aromatic nitrogens is 1. The number of carbonyl (C=O) groups excluding carboxylic acids is 1. The molecule has 1 N–H and O–H groups in total. The average Bonchev–Trinajstić information content (AvgIpc) is 3.31. The van der Waals surface area contributed by atoms with E-state index < -0.39 is 0 Å². The average molecular weight is 426 g/mol. The highest BCUT2D eigenvalue weighted by Gasteiger charge is 2.33. The number of urea groups is 1. The van der Waals surface area contributed by atoms with Crippen molar-refractivity contribution in [1.82, 2.24) is 9.47 Å². The monoisotopic (exact) mass is 425 g/mol. The quantitative estimate of drug-likeness (QED) is 0.475. The van der Waals surface area contributed by atoms with Crippen LogP contribution in [0.5, 0.6) is 0 Å². The first-order chi connectivity index (χ1) is 14.0. The summed E-state index contributed by atoms with van der Waals surface area (Å²) in [5.74, 6) is 0. The zero-order valence-corrected chi connectivity index (χ0v) is 18.2. The van der Waals surface area contributed by atoms with Crippen LogP contribution in [0.1, 0.15) is 53.1 Å². The van der Waals surface area contributed by atoms with E-state index >= 15 is 0 Å². The fraction of sp³-hybridized carbons (Fsp3) is 0.348. The third kappa shape index (κ3) is 3.08. The number of aryl methyl sites for hydroxylation is 1. The maximum atomic E-state index is 13.4. The fourth-order valence-corrected chi connectivity index (χ4v) is 6.12. The van der Waals surface area contributed by atoms with Gasteiger partial charge in [-0.25, -0.2) is 4.79 Å². The highest BCUT2D eigenvalue weighted by atomic mass is 35.5. The van der Waals surface area contributed by atoms with E-state index in [0.717, 1.165) is 29.8 Å². The Labute approximate surface area is 180 Å². The van der Waals surface area contributed by atoms with Gasteiger partial charge in [0.15, 0.2) is 0 Å². The van der Waals surface area contributed by atoms with Crippen molar-refractivity contribution in [1.29, 1.82) is 0 Å². The van der Waals surface area contributed by atoms with Crippen LogP contribution < -0.4 is 5.32 Å². The highest BCUT2D eigenvalue weighted by molar-refractivity contribution is 7.15. The number of rotatable bonds is 1. The second-order valence-electron chi connectivity index (χ2n) is 7.94. The maximum absolute atomic E-state index is 13.4. The summed E-state index contributed by atoms with van der Waals surface area (Å²) < 4.78 is 2.29. The number of anilines is 1. The van der Waals surface area contributed by atoms with Gasteiger partial charge < -0.3 is 14.8 Å². The van der Waals surface area contributed by atoms with Crippen molar-refractivity contribution in [2.45, 2.75) is 52.1 Å². The number of fused-ring (bicyclic) bond motifs is 5. The first kappa shape index (κ1) is 18.8. The van der Waals surface area contributed by atoms with Crippen molar-refractivity contribution in [2.75, 3.05) is 5.32 Å². The Morgan fingerprint density at radius 3 is 2.86 bits per heavy atom. The van der Waals surface area contributed by atoms with E-state index in [9.17, 15) is 4.79 Å². The van der Waals surface area contributed by atoms with Gasteiger partial charge in [0, 0.05) is 33.0 Å². The smallest absolute Gasteiger partial charge is 0.312 e. The largest absolute Gasteiger partial charge is 0.322 e. The molecule has 3 heterocycles. The first-order valence-electron chi connectivity index (χ1n) is 10.2. The third-order valence-corrected chi connectivity index (χ3v) is 8.00. The van der Waals surface area contributed by atoms with Gasteiger partial charge in [0.25, 0.3) is 0 Å². The second-order valence-corrected chi connectivity index (χ2v) is 9.43. The van der Waals surface area contributed by atoms with Crippen LogP contribution in [-0.4, -0.2) is 15.5 Å². The summed E-state index contributed by atoms with van der Waals surface area (Å²) in [6, 6.07) is 9.72. The van der Waals surface area contributed by atoms with Crippen molar-refractivity contribution >= 4 is 34.7 Å². The van der Waals surface area contributed by atoms with Crippen molar-refractivity contribution < 1.29 is 4.79 Å². The van der Waals surface area contributed by atoms with Crippen LogP contribution in [0, 0.1) is 6.92 Å². The molecule has 1 atom stereocenters. The summed E-state index contributed by atoms with van der Waals surface area (Å²) in [6.07, 6.45) is 6.91. The second kappa shape index (κ2) is 7.22. The van der Waals surface area contributed by atoms with Gasteiger partial charge in [0.1, 0.15) is 5.00 Å². The number of nitrogens with one attached hydrogen (secondary N) is 1. The molecule has 5 rings (SSSR count). The van der Waals surface area contributed by atoms with E-state index in [1.54, 1.807) is 0 Å².